The number of nitrogens with one attached hydrogen (secondary N) is 2. The topological polar surface area (TPSA) is 97.1 Å². The highest BCUT2D eigenvalue weighted by atomic mass is 32.2. The summed E-state index contributed by atoms with van der Waals surface area (Å²) in [5.41, 5.74) is 2.13. The van der Waals surface area contributed by atoms with Gasteiger partial charge in [-0.15, -0.1) is 11.8 Å². The Labute approximate surface area is 156 Å². The average Bonchev–Trinajstić information content (AvgIpc) is 2.98. The monoisotopic (exact) mass is 374 g/mol. The molecule has 7 nitrogen and oxygen atoms in total. The number of thioether (sulfide) groups is 1. The number of carbonyl (C=O) groups is 2. The Bertz CT molecular complexity index is 801. The van der Waals surface area contributed by atoms with E-state index in [9.17, 15) is 9.59 Å². The van der Waals surface area contributed by atoms with Gasteiger partial charge in [-0.2, -0.15) is 4.98 Å². The number of aryl methyl sites for hydroxylation is 2. The van der Waals surface area contributed by atoms with Gasteiger partial charge in [-0.25, -0.2) is 0 Å². The van der Waals surface area contributed by atoms with Crippen LogP contribution in [0.3, 0.4) is 0 Å². The van der Waals surface area contributed by atoms with Gasteiger partial charge in [0.05, 0.1) is 11.5 Å². The highest BCUT2D eigenvalue weighted by molar-refractivity contribution is 7.99. The number of amides is 2. The van der Waals surface area contributed by atoms with Gasteiger partial charge in [0.25, 0.3) is 5.91 Å². The van der Waals surface area contributed by atoms with Crippen LogP contribution in [0, 0.1) is 13.8 Å². The summed E-state index contributed by atoms with van der Waals surface area (Å²) in [6.45, 7) is 3.65. The molecular weight excluding hydrogens is 352 g/mol. The number of hydrogen-bond acceptors (Lipinski definition) is 6. The van der Waals surface area contributed by atoms with Crippen LogP contribution in [0.4, 0.5) is 5.69 Å². The number of hydrogen-bond donors (Lipinski definition) is 2. The van der Waals surface area contributed by atoms with Gasteiger partial charge in [-0.05, 0) is 50.8 Å². The normalized spacial score (nSPS) is 13.9. The first-order valence-electron chi connectivity index (χ1n) is 8.59. The minimum Gasteiger partial charge on any atom is -0.349 e. The lowest BCUT2D eigenvalue weighted by Crippen LogP contribution is -2.39. The van der Waals surface area contributed by atoms with Gasteiger partial charge in [-0.1, -0.05) is 11.2 Å². The molecule has 1 saturated carbocycles. The van der Waals surface area contributed by atoms with Gasteiger partial charge < -0.3 is 15.2 Å². The van der Waals surface area contributed by atoms with Crippen LogP contribution < -0.4 is 10.6 Å². The maximum absolute atomic E-state index is 12.3. The van der Waals surface area contributed by atoms with Gasteiger partial charge in [-0.3, -0.25) is 9.59 Å². The average molecular weight is 374 g/mol. The van der Waals surface area contributed by atoms with Crippen LogP contribution in [0.2, 0.25) is 0 Å². The van der Waals surface area contributed by atoms with Crippen molar-refractivity contribution in [2.24, 2.45) is 0 Å². The molecule has 1 aromatic carbocycles. The molecule has 138 valence electrons. The summed E-state index contributed by atoms with van der Waals surface area (Å²) >= 11 is 1.39. The molecule has 1 aliphatic carbocycles. The van der Waals surface area contributed by atoms with Crippen LogP contribution in [-0.2, 0) is 10.5 Å². The van der Waals surface area contributed by atoms with Crippen molar-refractivity contribution in [1.82, 2.24) is 15.5 Å². The summed E-state index contributed by atoms with van der Waals surface area (Å²) in [7, 11) is 0. The van der Waals surface area contributed by atoms with E-state index in [2.05, 4.69) is 20.8 Å². The zero-order valence-electron chi connectivity index (χ0n) is 14.9. The third-order valence-corrected chi connectivity index (χ3v) is 5.16. The third-order valence-electron chi connectivity index (χ3n) is 4.24. The molecule has 2 aromatic rings. The van der Waals surface area contributed by atoms with E-state index in [1.54, 1.807) is 19.1 Å². The fourth-order valence-corrected chi connectivity index (χ4v) is 3.19. The second-order valence-electron chi connectivity index (χ2n) is 6.41. The number of benzene rings is 1. The number of rotatable bonds is 7. The quantitative estimate of drug-likeness (QED) is 0.773. The lowest BCUT2D eigenvalue weighted by atomic mass is 9.93. The van der Waals surface area contributed by atoms with Gasteiger partial charge in [0, 0.05) is 17.3 Å². The maximum atomic E-state index is 12.3. The maximum Gasteiger partial charge on any atom is 0.251 e. The Balaban J connectivity index is 1.53. The first kappa shape index (κ1) is 18.4. The number of nitrogens with zero attached hydrogens (tertiary/aromatic N) is 2. The lowest BCUT2D eigenvalue weighted by molar-refractivity contribution is -0.113. The van der Waals surface area contributed by atoms with E-state index < -0.39 is 0 Å². The van der Waals surface area contributed by atoms with Gasteiger partial charge >= 0.3 is 0 Å². The van der Waals surface area contributed by atoms with E-state index in [0.29, 0.717) is 28.7 Å². The van der Waals surface area contributed by atoms with E-state index in [-0.39, 0.29) is 23.6 Å². The third kappa shape index (κ3) is 4.85. The van der Waals surface area contributed by atoms with E-state index >= 15 is 0 Å². The van der Waals surface area contributed by atoms with Crippen molar-refractivity contribution in [2.45, 2.75) is 44.9 Å². The van der Waals surface area contributed by atoms with Crippen molar-refractivity contribution in [2.75, 3.05) is 11.1 Å². The molecule has 1 fully saturated rings. The summed E-state index contributed by atoms with van der Waals surface area (Å²) in [4.78, 5) is 28.5. The number of aromatic nitrogens is 2. The van der Waals surface area contributed by atoms with E-state index in [1.165, 1.54) is 18.2 Å². The SMILES string of the molecule is Cc1noc(CSCC(=O)Nc2cc(C(=O)NC3CCC3)ccc2C)n1. The Kier molecular flexibility index (Phi) is 5.92. The van der Waals surface area contributed by atoms with Crippen LogP contribution in [0.15, 0.2) is 22.7 Å². The van der Waals surface area contributed by atoms with Crippen LogP contribution in [0.1, 0.15) is 46.9 Å². The van der Waals surface area contributed by atoms with E-state index in [1.807, 2.05) is 13.0 Å². The van der Waals surface area contributed by atoms with Crippen molar-refractivity contribution in [3.63, 3.8) is 0 Å². The second kappa shape index (κ2) is 8.35. The number of anilines is 1. The summed E-state index contributed by atoms with van der Waals surface area (Å²) < 4.78 is 5.01. The smallest absolute Gasteiger partial charge is 0.251 e. The van der Waals surface area contributed by atoms with Gasteiger partial charge in [0.1, 0.15) is 0 Å². The molecule has 0 saturated heterocycles. The van der Waals surface area contributed by atoms with E-state index in [4.69, 9.17) is 4.52 Å². The Morgan fingerprint density at radius 2 is 2.12 bits per heavy atom. The molecule has 2 amide bonds. The standard InChI is InChI=1S/C18H22N4O3S/c1-11-6-7-13(18(24)20-14-4-3-5-14)8-15(11)21-16(23)9-26-10-17-19-12(2)22-25-17/h6-8,14H,3-5,9-10H2,1-2H3,(H,20,24)(H,21,23). The molecule has 8 heteroatoms. The van der Waals surface area contributed by atoms with Gasteiger partial charge in [0.2, 0.25) is 11.8 Å². The molecule has 0 unspecified atom stereocenters. The molecule has 3 rings (SSSR count). The van der Waals surface area contributed by atoms with Crippen molar-refractivity contribution >= 4 is 29.3 Å². The molecule has 0 spiro atoms. The molecule has 0 radical (unpaired) electrons. The highest BCUT2D eigenvalue weighted by Crippen LogP contribution is 2.21. The van der Waals surface area contributed by atoms with Crippen molar-refractivity contribution in [3.8, 4) is 0 Å². The first-order valence-corrected chi connectivity index (χ1v) is 9.75. The summed E-state index contributed by atoms with van der Waals surface area (Å²) in [5, 5.41) is 9.59. The lowest BCUT2D eigenvalue weighted by Gasteiger charge is -2.26. The second-order valence-corrected chi connectivity index (χ2v) is 7.39. The Morgan fingerprint density at radius 3 is 2.77 bits per heavy atom. The molecule has 0 aliphatic heterocycles. The Morgan fingerprint density at radius 1 is 1.31 bits per heavy atom. The van der Waals surface area contributed by atoms with Crippen LogP contribution in [-0.4, -0.2) is 33.7 Å². The predicted octanol–water partition coefficient (Wildman–Crippen LogP) is 2.84. The first-order chi connectivity index (χ1) is 12.5. The van der Waals surface area contributed by atoms with Crippen molar-refractivity contribution in [3.05, 3.63) is 41.0 Å². The zero-order chi connectivity index (χ0) is 18.5. The molecule has 1 aliphatic rings. The predicted molar refractivity (Wildman–Crippen MR) is 100 cm³/mol. The van der Waals surface area contributed by atoms with Crippen LogP contribution in [0.5, 0.6) is 0 Å². The van der Waals surface area contributed by atoms with Crippen molar-refractivity contribution < 1.29 is 14.1 Å². The molecule has 1 aromatic heterocycles. The van der Waals surface area contributed by atoms with E-state index in [0.717, 1.165) is 18.4 Å². The molecule has 1 heterocycles. The largest absolute Gasteiger partial charge is 0.349 e. The minimum atomic E-state index is -0.133. The zero-order valence-corrected chi connectivity index (χ0v) is 15.7. The summed E-state index contributed by atoms with van der Waals surface area (Å²) in [6.07, 6.45) is 3.25. The summed E-state index contributed by atoms with van der Waals surface area (Å²) in [6, 6.07) is 5.64. The Hall–Kier alpha value is -2.35. The fourth-order valence-electron chi connectivity index (χ4n) is 2.54. The minimum absolute atomic E-state index is 0.0914. The van der Waals surface area contributed by atoms with Crippen LogP contribution in [0.25, 0.3) is 0 Å². The van der Waals surface area contributed by atoms with Crippen LogP contribution >= 0.6 is 11.8 Å². The molecule has 26 heavy (non-hydrogen) atoms. The van der Waals surface area contributed by atoms with Crippen molar-refractivity contribution in [1.29, 1.82) is 0 Å². The molecule has 0 atom stereocenters. The molecule has 2 N–H and O–H groups in total. The summed E-state index contributed by atoms with van der Waals surface area (Å²) in [5.74, 6) is 1.61. The molecule has 0 bridgehead atoms. The molecular formula is C18H22N4O3S. The number of carbonyl (C=O) groups excluding carboxylic acids is 2. The van der Waals surface area contributed by atoms with Gasteiger partial charge in [0.15, 0.2) is 5.82 Å². The fraction of sp³-hybridized carbons (Fsp3) is 0.444. The highest BCUT2D eigenvalue weighted by Gasteiger charge is 2.20.